The fraction of sp³-hybridized carbons (Fsp3) is 0.375. The minimum Gasteiger partial charge on any atom is -0.323 e. The lowest BCUT2D eigenvalue weighted by molar-refractivity contribution is 0.611. The van der Waals surface area contributed by atoms with Gasteiger partial charge in [-0.3, -0.25) is 0 Å². The highest BCUT2D eigenvalue weighted by Crippen LogP contribution is 2.36. The molecule has 104 valence electrons. The molecule has 2 aromatic rings. The minimum atomic E-state index is 0.455. The van der Waals surface area contributed by atoms with Gasteiger partial charge in [0.1, 0.15) is 16.2 Å². The lowest BCUT2D eigenvalue weighted by Gasteiger charge is -2.36. The molecule has 1 aliphatic heterocycles. The molecular formula is C16H18BrN3. The Balaban J connectivity index is 2.11. The van der Waals surface area contributed by atoms with E-state index in [1.165, 1.54) is 11.3 Å². The van der Waals surface area contributed by atoms with Crippen LogP contribution in [0.2, 0.25) is 0 Å². The summed E-state index contributed by atoms with van der Waals surface area (Å²) in [6.45, 7) is 4.34. The van der Waals surface area contributed by atoms with E-state index in [9.17, 15) is 0 Å². The van der Waals surface area contributed by atoms with Gasteiger partial charge in [-0.05, 0) is 47.3 Å². The normalized spacial score (nSPS) is 17.9. The molecule has 1 aromatic heterocycles. The summed E-state index contributed by atoms with van der Waals surface area (Å²) in [6.07, 6.45) is 3.14. The fourth-order valence-electron chi connectivity index (χ4n) is 2.77. The Labute approximate surface area is 128 Å². The molecule has 0 radical (unpaired) electrons. The molecular weight excluding hydrogens is 314 g/mol. The molecule has 4 heteroatoms. The van der Waals surface area contributed by atoms with E-state index >= 15 is 0 Å². The number of aryl methyl sites for hydroxylation is 2. The second-order valence-corrected chi connectivity index (χ2v) is 6.02. The van der Waals surface area contributed by atoms with E-state index in [-0.39, 0.29) is 0 Å². The number of nitrogens with zero attached hydrogens (tertiary/aromatic N) is 3. The standard InChI is InChI=1S/C16H18BrN3/c1-3-15-18-14(17)10-16(19-15)20-11(2)8-9-12-6-4-5-7-13(12)20/h4-7,10-11H,3,8-9H2,1-2H3. The average molecular weight is 332 g/mol. The molecule has 0 bridgehead atoms. The van der Waals surface area contributed by atoms with E-state index in [0.29, 0.717) is 6.04 Å². The van der Waals surface area contributed by atoms with Gasteiger partial charge in [0.25, 0.3) is 0 Å². The summed E-state index contributed by atoms with van der Waals surface area (Å²) >= 11 is 3.50. The molecule has 1 atom stereocenters. The number of aromatic nitrogens is 2. The maximum Gasteiger partial charge on any atom is 0.138 e. The zero-order valence-corrected chi connectivity index (χ0v) is 13.4. The van der Waals surface area contributed by atoms with Gasteiger partial charge in [-0.2, -0.15) is 0 Å². The van der Waals surface area contributed by atoms with Gasteiger partial charge in [-0.15, -0.1) is 0 Å². The summed E-state index contributed by atoms with van der Waals surface area (Å²) in [6, 6.07) is 11.1. The molecule has 0 amide bonds. The second-order valence-electron chi connectivity index (χ2n) is 5.21. The molecule has 3 nitrogen and oxygen atoms in total. The molecule has 2 heterocycles. The first-order valence-corrected chi connectivity index (χ1v) is 7.89. The van der Waals surface area contributed by atoms with Gasteiger partial charge >= 0.3 is 0 Å². The third-order valence-electron chi connectivity index (χ3n) is 3.81. The van der Waals surface area contributed by atoms with Crippen LogP contribution in [0.1, 0.15) is 31.7 Å². The lowest BCUT2D eigenvalue weighted by Crippen LogP contribution is -2.34. The van der Waals surface area contributed by atoms with E-state index < -0.39 is 0 Å². The highest BCUT2D eigenvalue weighted by Gasteiger charge is 2.25. The van der Waals surface area contributed by atoms with Crippen molar-refractivity contribution in [1.29, 1.82) is 0 Å². The van der Waals surface area contributed by atoms with Crippen LogP contribution in [0.3, 0.4) is 0 Å². The molecule has 3 rings (SSSR count). The van der Waals surface area contributed by atoms with E-state index in [2.05, 4.69) is 63.9 Å². The van der Waals surface area contributed by atoms with Gasteiger partial charge in [0, 0.05) is 24.2 Å². The number of hydrogen-bond donors (Lipinski definition) is 0. The van der Waals surface area contributed by atoms with E-state index in [1.54, 1.807) is 0 Å². The first-order chi connectivity index (χ1) is 9.69. The molecule has 0 aliphatic carbocycles. The Morgan fingerprint density at radius 3 is 2.90 bits per heavy atom. The maximum atomic E-state index is 4.71. The van der Waals surface area contributed by atoms with E-state index in [0.717, 1.165) is 35.5 Å². The van der Waals surface area contributed by atoms with Crippen LogP contribution >= 0.6 is 15.9 Å². The summed E-state index contributed by atoms with van der Waals surface area (Å²) in [5.41, 5.74) is 2.68. The number of hydrogen-bond acceptors (Lipinski definition) is 3. The third-order valence-corrected chi connectivity index (χ3v) is 4.22. The van der Waals surface area contributed by atoms with Gasteiger partial charge in [0.2, 0.25) is 0 Å². The van der Waals surface area contributed by atoms with Gasteiger partial charge in [-0.25, -0.2) is 9.97 Å². The smallest absolute Gasteiger partial charge is 0.138 e. The highest BCUT2D eigenvalue weighted by atomic mass is 79.9. The Bertz CT molecular complexity index is 627. The molecule has 1 aromatic carbocycles. The second kappa shape index (κ2) is 5.52. The van der Waals surface area contributed by atoms with Crippen LogP contribution in [-0.4, -0.2) is 16.0 Å². The molecule has 1 unspecified atom stereocenters. The lowest BCUT2D eigenvalue weighted by atomic mass is 9.97. The van der Waals surface area contributed by atoms with E-state index in [1.807, 2.05) is 6.07 Å². The Hall–Kier alpha value is -1.42. The van der Waals surface area contributed by atoms with Crippen molar-refractivity contribution < 1.29 is 0 Å². The summed E-state index contributed by atoms with van der Waals surface area (Å²) in [5.74, 6) is 1.87. The van der Waals surface area contributed by atoms with Crippen LogP contribution in [0.4, 0.5) is 11.5 Å². The van der Waals surface area contributed by atoms with Crippen molar-refractivity contribution in [3.05, 3.63) is 46.3 Å². The van der Waals surface area contributed by atoms with Crippen LogP contribution in [0.5, 0.6) is 0 Å². The first-order valence-electron chi connectivity index (χ1n) is 7.09. The maximum absolute atomic E-state index is 4.71. The fourth-order valence-corrected chi connectivity index (χ4v) is 3.18. The third kappa shape index (κ3) is 2.44. The van der Waals surface area contributed by atoms with Crippen LogP contribution in [0.25, 0.3) is 0 Å². The van der Waals surface area contributed by atoms with Gasteiger partial charge in [-0.1, -0.05) is 25.1 Å². The number of anilines is 2. The molecule has 0 spiro atoms. The van der Waals surface area contributed by atoms with Crippen LogP contribution < -0.4 is 4.90 Å². The number of benzene rings is 1. The SMILES string of the molecule is CCc1nc(Br)cc(N2c3ccccc3CCC2C)n1. The predicted octanol–water partition coefficient (Wildman–Crippen LogP) is 4.27. The minimum absolute atomic E-state index is 0.455. The number of fused-ring (bicyclic) bond motifs is 1. The Morgan fingerprint density at radius 2 is 2.10 bits per heavy atom. The van der Waals surface area contributed by atoms with Gasteiger partial charge < -0.3 is 4.90 Å². The quantitative estimate of drug-likeness (QED) is 0.769. The van der Waals surface area contributed by atoms with Crippen molar-refractivity contribution in [3.63, 3.8) is 0 Å². The topological polar surface area (TPSA) is 29.0 Å². The molecule has 0 saturated carbocycles. The zero-order valence-electron chi connectivity index (χ0n) is 11.8. The van der Waals surface area contributed by atoms with Crippen molar-refractivity contribution in [3.8, 4) is 0 Å². The van der Waals surface area contributed by atoms with Crippen molar-refractivity contribution in [1.82, 2.24) is 9.97 Å². The highest BCUT2D eigenvalue weighted by molar-refractivity contribution is 9.10. The number of para-hydroxylation sites is 1. The molecule has 0 N–H and O–H groups in total. The number of halogens is 1. The van der Waals surface area contributed by atoms with Crippen molar-refractivity contribution in [2.24, 2.45) is 0 Å². The first kappa shape index (κ1) is 13.6. The summed E-state index contributed by atoms with van der Waals surface area (Å²) in [4.78, 5) is 11.5. The van der Waals surface area contributed by atoms with Crippen LogP contribution in [0, 0.1) is 0 Å². The van der Waals surface area contributed by atoms with Crippen LogP contribution in [-0.2, 0) is 12.8 Å². The van der Waals surface area contributed by atoms with Crippen LogP contribution in [0.15, 0.2) is 34.9 Å². The molecule has 0 saturated heterocycles. The van der Waals surface area contributed by atoms with Crippen molar-refractivity contribution in [2.75, 3.05) is 4.90 Å². The predicted molar refractivity (Wildman–Crippen MR) is 85.5 cm³/mol. The summed E-state index contributed by atoms with van der Waals surface area (Å²) in [5, 5.41) is 0. The monoisotopic (exact) mass is 331 g/mol. The van der Waals surface area contributed by atoms with Crippen molar-refractivity contribution >= 4 is 27.4 Å². The molecule has 20 heavy (non-hydrogen) atoms. The largest absolute Gasteiger partial charge is 0.323 e. The number of rotatable bonds is 2. The van der Waals surface area contributed by atoms with Crippen molar-refractivity contribution in [2.45, 2.75) is 39.2 Å². The Kier molecular flexibility index (Phi) is 3.74. The summed E-state index contributed by atoms with van der Waals surface area (Å²) in [7, 11) is 0. The Morgan fingerprint density at radius 1 is 1.30 bits per heavy atom. The molecule has 0 fully saturated rings. The van der Waals surface area contributed by atoms with Gasteiger partial charge in [0.05, 0.1) is 0 Å². The average Bonchev–Trinajstić information content (AvgIpc) is 2.46. The van der Waals surface area contributed by atoms with Gasteiger partial charge in [0.15, 0.2) is 0 Å². The molecule has 1 aliphatic rings. The van der Waals surface area contributed by atoms with E-state index in [4.69, 9.17) is 4.98 Å². The zero-order chi connectivity index (χ0) is 14.1. The summed E-state index contributed by atoms with van der Waals surface area (Å²) < 4.78 is 0.856.